The zero-order chi connectivity index (χ0) is 8.32. The Morgan fingerprint density at radius 1 is 1.45 bits per heavy atom. The minimum absolute atomic E-state index is 0.454. The van der Waals surface area contributed by atoms with Crippen LogP contribution in [0.1, 0.15) is 26.7 Å². The van der Waals surface area contributed by atoms with Gasteiger partial charge in [0.25, 0.3) is 0 Å². The van der Waals surface area contributed by atoms with Crippen molar-refractivity contribution in [2.75, 3.05) is 26.2 Å². The van der Waals surface area contributed by atoms with Gasteiger partial charge in [0.15, 0.2) is 0 Å². The first kappa shape index (κ1) is 9.01. The van der Waals surface area contributed by atoms with Crippen molar-refractivity contribution in [3.05, 3.63) is 0 Å². The molecule has 0 aromatic heterocycles. The zero-order valence-electron chi connectivity index (χ0n) is 7.77. The molecule has 1 aliphatic heterocycles. The molecule has 1 saturated heterocycles. The van der Waals surface area contributed by atoms with Crippen LogP contribution in [0.2, 0.25) is 0 Å². The van der Waals surface area contributed by atoms with Gasteiger partial charge in [0.05, 0.1) is 0 Å². The van der Waals surface area contributed by atoms with Gasteiger partial charge in [0, 0.05) is 6.54 Å². The van der Waals surface area contributed by atoms with Crippen molar-refractivity contribution in [1.29, 1.82) is 0 Å². The molecule has 0 bridgehead atoms. The summed E-state index contributed by atoms with van der Waals surface area (Å²) in [5.41, 5.74) is 6.22. The van der Waals surface area contributed by atoms with E-state index in [0.29, 0.717) is 5.41 Å². The van der Waals surface area contributed by atoms with Gasteiger partial charge >= 0.3 is 0 Å². The number of hydrogen-bond acceptors (Lipinski definition) is 2. The first-order valence-electron chi connectivity index (χ1n) is 4.69. The Bertz CT molecular complexity index is 119. The highest BCUT2D eigenvalue weighted by Gasteiger charge is 2.34. The molecule has 11 heavy (non-hydrogen) atoms. The van der Waals surface area contributed by atoms with Crippen molar-refractivity contribution in [2.24, 2.45) is 11.1 Å². The summed E-state index contributed by atoms with van der Waals surface area (Å²) in [7, 11) is 0. The van der Waals surface area contributed by atoms with E-state index in [1.54, 1.807) is 0 Å². The lowest BCUT2D eigenvalue weighted by molar-refractivity contribution is 0.262. The Hall–Kier alpha value is -0.0800. The van der Waals surface area contributed by atoms with Crippen molar-refractivity contribution in [3.8, 4) is 0 Å². The molecule has 1 rings (SSSR count). The lowest BCUT2D eigenvalue weighted by Gasteiger charge is -2.25. The summed E-state index contributed by atoms with van der Waals surface area (Å²) in [6.45, 7) is 8.99. The van der Waals surface area contributed by atoms with Gasteiger partial charge in [0.1, 0.15) is 0 Å². The largest absolute Gasteiger partial charge is 0.330 e. The Kier molecular flexibility index (Phi) is 2.90. The molecule has 2 heteroatoms. The van der Waals surface area contributed by atoms with E-state index < -0.39 is 0 Å². The second-order valence-corrected chi connectivity index (χ2v) is 3.68. The van der Waals surface area contributed by atoms with E-state index in [4.69, 9.17) is 5.73 Å². The smallest absolute Gasteiger partial charge is 0.00503 e. The van der Waals surface area contributed by atoms with Gasteiger partial charge in [-0.2, -0.15) is 0 Å². The van der Waals surface area contributed by atoms with Crippen LogP contribution in [-0.2, 0) is 0 Å². The molecule has 0 saturated carbocycles. The van der Waals surface area contributed by atoms with Crippen molar-refractivity contribution in [1.82, 2.24) is 4.90 Å². The lowest BCUT2D eigenvalue weighted by atomic mass is 9.85. The third-order valence-electron chi connectivity index (χ3n) is 3.15. The Balaban J connectivity index is 2.48. The molecule has 0 amide bonds. The van der Waals surface area contributed by atoms with Crippen LogP contribution >= 0.6 is 0 Å². The number of hydrogen-bond donors (Lipinski definition) is 1. The maximum atomic E-state index is 5.77. The molecular weight excluding hydrogens is 136 g/mol. The second-order valence-electron chi connectivity index (χ2n) is 3.68. The van der Waals surface area contributed by atoms with Crippen LogP contribution in [0.3, 0.4) is 0 Å². The molecule has 0 radical (unpaired) electrons. The summed E-state index contributed by atoms with van der Waals surface area (Å²) < 4.78 is 0. The maximum absolute atomic E-state index is 5.77. The van der Waals surface area contributed by atoms with E-state index in [1.165, 1.54) is 32.5 Å². The van der Waals surface area contributed by atoms with E-state index in [1.807, 2.05) is 0 Å². The molecule has 0 aromatic carbocycles. The maximum Gasteiger partial charge on any atom is 0.00503 e. The van der Waals surface area contributed by atoms with Gasteiger partial charge < -0.3 is 10.6 Å². The molecular formula is C9H20N2. The number of nitrogens with two attached hydrogens (primary N) is 1. The lowest BCUT2D eigenvalue weighted by Crippen LogP contribution is -2.33. The van der Waals surface area contributed by atoms with Crippen molar-refractivity contribution in [3.63, 3.8) is 0 Å². The number of nitrogens with zero attached hydrogens (tertiary/aromatic N) is 1. The molecule has 1 atom stereocenters. The van der Waals surface area contributed by atoms with E-state index in [-0.39, 0.29) is 0 Å². The molecule has 0 aromatic rings. The number of rotatable bonds is 3. The normalized spacial score (nSPS) is 33.0. The van der Waals surface area contributed by atoms with Gasteiger partial charge in [-0.25, -0.2) is 0 Å². The summed E-state index contributed by atoms with van der Waals surface area (Å²) in [5, 5.41) is 0. The highest BCUT2D eigenvalue weighted by atomic mass is 15.2. The molecule has 2 nitrogen and oxygen atoms in total. The van der Waals surface area contributed by atoms with Gasteiger partial charge in [-0.3, -0.25) is 0 Å². The van der Waals surface area contributed by atoms with Crippen LogP contribution < -0.4 is 5.73 Å². The highest BCUT2D eigenvalue weighted by Crippen LogP contribution is 2.32. The van der Waals surface area contributed by atoms with Crippen LogP contribution in [0.15, 0.2) is 0 Å². The van der Waals surface area contributed by atoms with Gasteiger partial charge in [0.2, 0.25) is 0 Å². The van der Waals surface area contributed by atoms with Crippen LogP contribution in [-0.4, -0.2) is 31.1 Å². The predicted octanol–water partition coefficient (Wildman–Crippen LogP) is 1.07. The summed E-state index contributed by atoms with van der Waals surface area (Å²) in [4.78, 5) is 2.50. The second kappa shape index (κ2) is 3.55. The van der Waals surface area contributed by atoms with Crippen LogP contribution in [0.5, 0.6) is 0 Å². The van der Waals surface area contributed by atoms with Gasteiger partial charge in [-0.1, -0.05) is 13.8 Å². The molecule has 0 spiro atoms. The van der Waals surface area contributed by atoms with Crippen molar-refractivity contribution in [2.45, 2.75) is 26.7 Å². The average molecular weight is 156 g/mol. The van der Waals surface area contributed by atoms with Gasteiger partial charge in [-0.05, 0) is 37.9 Å². The number of likely N-dealkylation sites (tertiary alicyclic amines) is 1. The molecule has 66 valence electrons. The first-order valence-corrected chi connectivity index (χ1v) is 4.69. The monoisotopic (exact) mass is 156 g/mol. The third-order valence-corrected chi connectivity index (χ3v) is 3.15. The van der Waals surface area contributed by atoms with E-state index >= 15 is 0 Å². The fourth-order valence-electron chi connectivity index (χ4n) is 1.90. The zero-order valence-corrected chi connectivity index (χ0v) is 7.77. The van der Waals surface area contributed by atoms with Crippen LogP contribution in [0.25, 0.3) is 0 Å². The Labute approximate surface area is 69.8 Å². The van der Waals surface area contributed by atoms with Crippen molar-refractivity contribution >= 4 is 0 Å². The minimum atomic E-state index is 0.454. The topological polar surface area (TPSA) is 29.3 Å². The fourth-order valence-corrected chi connectivity index (χ4v) is 1.90. The van der Waals surface area contributed by atoms with Crippen molar-refractivity contribution < 1.29 is 0 Å². The Morgan fingerprint density at radius 3 is 2.45 bits per heavy atom. The SMILES string of the molecule is CCN1CCC(CC)(CN)C1. The summed E-state index contributed by atoms with van der Waals surface area (Å²) in [5.74, 6) is 0. The molecule has 1 fully saturated rings. The molecule has 1 unspecified atom stereocenters. The first-order chi connectivity index (χ1) is 5.26. The van der Waals surface area contributed by atoms with E-state index in [0.717, 1.165) is 6.54 Å². The quantitative estimate of drug-likeness (QED) is 0.662. The Morgan fingerprint density at radius 2 is 2.18 bits per heavy atom. The molecule has 2 N–H and O–H groups in total. The average Bonchev–Trinajstić information content (AvgIpc) is 2.49. The van der Waals surface area contributed by atoms with Crippen LogP contribution in [0, 0.1) is 5.41 Å². The van der Waals surface area contributed by atoms with Crippen LogP contribution in [0.4, 0.5) is 0 Å². The third kappa shape index (κ3) is 1.74. The molecule has 0 aliphatic carbocycles. The minimum Gasteiger partial charge on any atom is -0.330 e. The van der Waals surface area contributed by atoms with E-state index in [2.05, 4.69) is 18.7 Å². The highest BCUT2D eigenvalue weighted by molar-refractivity contribution is 4.89. The summed E-state index contributed by atoms with van der Waals surface area (Å²) in [6, 6.07) is 0. The van der Waals surface area contributed by atoms with Gasteiger partial charge in [-0.15, -0.1) is 0 Å². The summed E-state index contributed by atoms with van der Waals surface area (Å²) in [6.07, 6.45) is 2.54. The molecule has 1 aliphatic rings. The molecule has 1 heterocycles. The fraction of sp³-hybridized carbons (Fsp3) is 1.00. The standard InChI is InChI=1S/C9H20N2/c1-3-9(7-10)5-6-11(4-2)8-9/h3-8,10H2,1-2H3. The summed E-state index contributed by atoms with van der Waals surface area (Å²) >= 11 is 0. The van der Waals surface area contributed by atoms with E-state index in [9.17, 15) is 0 Å². The predicted molar refractivity (Wildman–Crippen MR) is 48.5 cm³/mol.